The van der Waals surface area contributed by atoms with Crippen LogP contribution in [-0.4, -0.2) is 51.5 Å². The van der Waals surface area contributed by atoms with Gasteiger partial charge < -0.3 is 10.1 Å². The molecule has 0 unspecified atom stereocenters. The molecule has 0 aliphatic carbocycles. The molecule has 1 aliphatic rings. The maximum atomic E-state index is 13.5. The Balaban J connectivity index is 0.00000312. The minimum atomic E-state index is -3.93. The molecule has 0 bridgehead atoms. The molecule has 1 aromatic carbocycles. The van der Waals surface area contributed by atoms with Crippen molar-refractivity contribution < 1.29 is 22.3 Å². The largest absolute Gasteiger partial charge is 0.465 e. The van der Waals surface area contributed by atoms with Crippen LogP contribution < -0.4 is 5.32 Å². The summed E-state index contributed by atoms with van der Waals surface area (Å²) < 4.78 is 45.9. The highest BCUT2D eigenvalue weighted by atomic mass is 35.5. The zero-order valence-corrected chi connectivity index (χ0v) is 16.0. The molecule has 9 heteroatoms. The van der Waals surface area contributed by atoms with E-state index < -0.39 is 21.8 Å². The average Bonchev–Trinajstić information content (AvgIpc) is 2.59. The van der Waals surface area contributed by atoms with Gasteiger partial charge in [-0.05, 0) is 50.6 Å². The van der Waals surface area contributed by atoms with Crippen LogP contribution in [0.2, 0.25) is 0 Å². The fourth-order valence-corrected chi connectivity index (χ4v) is 4.88. The van der Waals surface area contributed by atoms with Gasteiger partial charge in [0.2, 0.25) is 10.0 Å². The zero-order chi connectivity index (χ0) is 17.7. The summed E-state index contributed by atoms with van der Waals surface area (Å²) in [6.07, 6.45) is 2.06. The van der Waals surface area contributed by atoms with Crippen molar-refractivity contribution in [3.8, 4) is 0 Å². The van der Waals surface area contributed by atoms with Crippen LogP contribution in [0, 0.1) is 5.82 Å². The van der Waals surface area contributed by atoms with Crippen molar-refractivity contribution in [1.82, 2.24) is 9.62 Å². The molecule has 0 amide bonds. The van der Waals surface area contributed by atoms with Crippen LogP contribution >= 0.6 is 12.4 Å². The summed E-state index contributed by atoms with van der Waals surface area (Å²) >= 11 is 0. The van der Waals surface area contributed by atoms with Crippen LogP contribution in [0.15, 0.2) is 23.1 Å². The van der Waals surface area contributed by atoms with Gasteiger partial charge >= 0.3 is 5.97 Å². The topological polar surface area (TPSA) is 75.7 Å². The molecule has 1 aromatic rings. The maximum absolute atomic E-state index is 13.5. The fraction of sp³-hybridized carbons (Fsp3) is 0.562. The Labute approximate surface area is 154 Å². The van der Waals surface area contributed by atoms with Gasteiger partial charge in [0, 0.05) is 12.6 Å². The molecule has 25 heavy (non-hydrogen) atoms. The Morgan fingerprint density at radius 3 is 2.56 bits per heavy atom. The summed E-state index contributed by atoms with van der Waals surface area (Å²) in [5.41, 5.74) is -0.271. The van der Waals surface area contributed by atoms with Crippen LogP contribution in [0.4, 0.5) is 4.39 Å². The fourth-order valence-electron chi connectivity index (χ4n) is 2.94. The number of carbonyl (C=O) groups excluding carboxylic acids is 1. The lowest BCUT2D eigenvalue weighted by atomic mass is 10.1. The number of benzene rings is 1. The quantitative estimate of drug-likeness (QED) is 0.748. The van der Waals surface area contributed by atoms with E-state index in [1.165, 1.54) is 4.31 Å². The normalized spacial score (nSPS) is 15.7. The third-order valence-corrected chi connectivity index (χ3v) is 6.10. The molecule has 6 nitrogen and oxygen atoms in total. The molecular weight excluding hydrogens is 371 g/mol. The van der Waals surface area contributed by atoms with E-state index in [0.29, 0.717) is 25.8 Å². The molecule has 2 rings (SSSR count). The monoisotopic (exact) mass is 394 g/mol. The molecule has 0 aromatic heterocycles. The summed E-state index contributed by atoms with van der Waals surface area (Å²) in [4.78, 5) is 11.7. The van der Waals surface area contributed by atoms with E-state index in [4.69, 9.17) is 0 Å². The Hall–Kier alpha value is -1.22. The second-order valence-electron chi connectivity index (χ2n) is 5.73. The predicted molar refractivity (Wildman–Crippen MR) is 95.1 cm³/mol. The third kappa shape index (κ3) is 4.91. The second kappa shape index (κ2) is 9.47. The molecule has 1 saturated heterocycles. The molecule has 1 heterocycles. The predicted octanol–water partition coefficient (Wildman–Crippen LogP) is 2.19. The second-order valence-corrected chi connectivity index (χ2v) is 7.59. The number of halogens is 2. The molecule has 0 radical (unpaired) electrons. The van der Waals surface area contributed by atoms with E-state index in [1.54, 1.807) is 0 Å². The van der Waals surface area contributed by atoms with Crippen LogP contribution in [0.1, 0.15) is 36.5 Å². The highest BCUT2D eigenvalue weighted by Gasteiger charge is 2.34. The number of nitrogens with one attached hydrogen (secondary N) is 1. The molecule has 1 N–H and O–H groups in total. The van der Waals surface area contributed by atoms with Crippen LogP contribution in [0.3, 0.4) is 0 Å². The lowest BCUT2D eigenvalue weighted by molar-refractivity contribution is 0.0595. The first-order valence-electron chi connectivity index (χ1n) is 8.02. The van der Waals surface area contributed by atoms with E-state index in [1.807, 2.05) is 6.92 Å². The van der Waals surface area contributed by atoms with Gasteiger partial charge in [-0.3, -0.25) is 0 Å². The number of hydrogen-bond donors (Lipinski definition) is 1. The Kier molecular flexibility index (Phi) is 8.27. The van der Waals surface area contributed by atoms with Gasteiger partial charge in [-0.25, -0.2) is 17.6 Å². The number of sulfonamides is 1. The van der Waals surface area contributed by atoms with Gasteiger partial charge in [0.05, 0.1) is 17.6 Å². The maximum Gasteiger partial charge on any atom is 0.339 e. The van der Waals surface area contributed by atoms with Crippen molar-refractivity contribution in [3.63, 3.8) is 0 Å². The number of ether oxygens (including phenoxy) is 1. The lowest BCUT2D eigenvalue weighted by Crippen LogP contribution is -2.46. The number of esters is 1. The third-order valence-electron chi connectivity index (χ3n) is 4.09. The lowest BCUT2D eigenvalue weighted by Gasteiger charge is -2.33. The van der Waals surface area contributed by atoms with E-state index in [2.05, 4.69) is 10.1 Å². The minimum absolute atomic E-state index is 0. The highest BCUT2D eigenvalue weighted by molar-refractivity contribution is 7.89. The first-order valence-corrected chi connectivity index (χ1v) is 9.46. The number of carbonyl (C=O) groups is 1. The number of hydrogen-bond acceptors (Lipinski definition) is 5. The Bertz CT molecular complexity index is 693. The van der Waals surface area contributed by atoms with E-state index in [0.717, 1.165) is 38.4 Å². The highest BCUT2D eigenvalue weighted by Crippen LogP contribution is 2.26. The molecule has 0 atom stereocenters. The van der Waals surface area contributed by atoms with Crippen molar-refractivity contribution in [2.24, 2.45) is 0 Å². The van der Waals surface area contributed by atoms with Crippen LogP contribution in [0.5, 0.6) is 0 Å². The summed E-state index contributed by atoms with van der Waals surface area (Å²) in [6.45, 7) is 3.74. The SMILES string of the molecule is CCCN(C1CCNCC1)S(=O)(=O)c1ccc(F)cc1C(=O)OC.Cl. The molecule has 1 fully saturated rings. The minimum Gasteiger partial charge on any atom is -0.465 e. The van der Waals surface area contributed by atoms with Crippen LogP contribution in [-0.2, 0) is 14.8 Å². The number of nitrogens with zero attached hydrogens (tertiary/aromatic N) is 1. The van der Waals surface area contributed by atoms with Crippen LogP contribution in [0.25, 0.3) is 0 Å². The molecule has 0 spiro atoms. The molecule has 142 valence electrons. The number of methoxy groups -OCH3 is 1. The van der Waals surface area contributed by atoms with Crippen molar-refractivity contribution >= 4 is 28.4 Å². The van der Waals surface area contributed by atoms with Gasteiger partial charge in [0.1, 0.15) is 5.82 Å². The summed E-state index contributed by atoms with van der Waals surface area (Å²) in [5, 5.41) is 3.20. The average molecular weight is 395 g/mol. The number of piperidine rings is 1. The van der Waals surface area contributed by atoms with Crippen molar-refractivity contribution in [2.75, 3.05) is 26.7 Å². The first-order chi connectivity index (χ1) is 11.4. The van der Waals surface area contributed by atoms with Gasteiger partial charge in [-0.2, -0.15) is 4.31 Å². The standard InChI is InChI=1S/C16H23FN2O4S.ClH/c1-3-10-19(13-6-8-18-9-7-13)24(21,22)15-5-4-12(17)11-14(15)16(20)23-2;/h4-5,11,13,18H,3,6-10H2,1-2H3;1H. The van der Waals surface area contributed by atoms with Gasteiger partial charge in [-0.15, -0.1) is 12.4 Å². The summed E-state index contributed by atoms with van der Waals surface area (Å²) in [7, 11) is -2.79. The Morgan fingerprint density at radius 1 is 1.36 bits per heavy atom. The van der Waals surface area contributed by atoms with Gasteiger partial charge in [0.25, 0.3) is 0 Å². The summed E-state index contributed by atoms with van der Waals surface area (Å²) in [6, 6.07) is 2.96. The Morgan fingerprint density at radius 2 is 2.00 bits per heavy atom. The molecule has 0 saturated carbocycles. The van der Waals surface area contributed by atoms with E-state index >= 15 is 0 Å². The van der Waals surface area contributed by atoms with E-state index in [9.17, 15) is 17.6 Å². The van der Waals surface area contributed by atoms with Crippen molar-refractivity contribution in [1.29, 1.82) is 0 Å². The molecular formula is C16H24ClFN2O4S. The zero-order valence-electron chi connectivity index (χ0n) is 14.3. The van der Waals surface area contributed by atoms with Gasteiger partial charge in [0.15, 0.2) is 0 Å². The molecule has 1 aliphatic heterocycles. The smallest absolute Gasteiger partial charge is 0.339 e. The van der Waals surface area contributed by atoms with Crippen molar-refractivity contribution in [2.45, 2.75) is 37.1 Å². The number of rotatable bonds is 6. The van der Waals surface area contributed by atoms with Crippen molar-refractivity contribution in [3.05, 3.63) is 29.6 Å². The summed E-state index contributed by atoms with van der Waals surface area (Å²) in [5.74, 6) is -1.55. The van der Waals surface area contributed by atoms with E-state index in [-0.39, 0.29) is 28.9 Å². The first kappa shape index (κ1) is 21.8. The van der Waals surface area contributed by atoms with Gasteiger partial charge in [-0.1, -0.05) is 6.92 Å².